The number of anilines is 1. The predicted molar refractivity (Wildman–Crippen MR) is 145 cm³/mol. The molecule has 0 spiro atoms. The largest absolute Gasteiger partial charge is 0.497 e. The van der Waals surface area contributed by atoms with Gasteiger partial charge in [-0.3, -0.25) is 14.9 Å². The Morgan fingerprint density at radius 3 is 2.79 bits per heavy atom. The Balaban J connectivity index is 1.36. The van der Waals surface area contributed by atoms with Crippen LogP contribution in [-0.4, -0.2) is 55.5 Å². The third-order valence-electron chi connectivity index (χ3n) is 6.34. The van der Waals surface area contributed by atoms with Gasteiger partial charge in [-0.1, -0.05) is 12.1 Å². The van der Waals surface area contributed by atoms with Crippen LogP contribution in [0.25, 0.3) is 11.0 Å². The number of nitriles is 1. The van der Waals surface area contributed by atoms with Crippen molar-refractivity contribution in [3.8, 4) is 11.9 Å². The summed E-state index contributed by atoms with van der Waals surface area (Å²) in [7, 11) is 1.62. The smallest absolute Gasteiger partial charge is 0.247 e. The van der Waals surface area contributed by atoms with Crippen molar-refractivity contribution in [2.45, 2.75) is 38.6 Å². The number of hydrogen-bond donors (Lipinski definition) is 3. The van der Waals surface area contributed by atoms with E-state index in [2.05, 4.69) is 20.9 Å². The van der Waals surface area contributed by atoms with Crippen LogP contribution >= 0.6 is 0 Å². The lowest BCUT2D eigenvalue weighted by molar-refractivity contribution is -0.136. The Morgan fingerprint density at radius 2 is 2.03 bits per heavy atom. The van der Waals surface area contributed by atoms with E-state index in [9.17, 15) is 14.9 Å². The third-order valence-corrected chi connectivity index (χ3v) is 6.34. The van der Waals surface area contributed by atoms with Crippen molar-refractivity contribution < 1.29 is 18.7 Å². The number of ether oxygens (including phenoxy) is 1. The first-order chi connectivity index (χ1) is 18.4. The van der Waals surface area contributed by atoms with Crippen molar-refractivity contribution in [2.75, 3.05) is 32.1 Å². The van der Waals surface area contributed by atoms with E-state index < -0.39 is 6.04 Å². The van der Waals surface area contributed by atoms with Crippen molar-refractivity contribution in [1.82, 2.24) is 15.5 Å². The molecule has 2 amide bonds. The number of amides is 2. The highest BCUT2D eigenvalue weighted by atomic mass is 16.5. The molecule has 4 rings (SSSR count). The molecule has 0 bridgehead atoms. The van der Waals surface area contributed by atoms with Crippen LogP contribution in [-0.2, 0) is 16.0 Å². The molecule has 10 heteroatoms. The number of nitrogens with one attached hydrogen (secondary N) is 3. The number of furan rings is 1. The molecule has 38 heavy (non-hydrogen) atoms. The maximum atomic E-state index is 13.3. The molecule has 0 unspecified atom stereocenters. The Morgan fingerprint density at radius 1 is 1.21 bits per heavy atom. The fourth-order valence-corrected chi connectivity index (χ4v) is 4.42. The second-order valence-corrected chi connectivity index (χ2v) is 9.17. The van der Waals surface area contributed by atoms with Crippen LogP contribution in [0.1, 0.15) is 30.6 Å². The molecular weight excluding hydrogens is 484 g/mol. The summed E-state index contributed by atoms with van der Waals surface area (Å²) in [4.78, 5) is 32.0. The molecule has 0 saturated carbocycles. The number of rotatable bonds is 8. The average Bonchev–Trinajstić information content (AvgIpc) is 3.20. The lowest BCUT2D eigenvalue weighted by atomic mass is 10.1. The zero-order chi connectivity index (χ0) is 26.9. The highest BCUT2D eigenvalue weighted by molar-refractivity contribution is 5.98. The molecule has 1 aliphatic heterocycles. The van der Waals surface area contributed by atoms with Crippen molar-refractivity contribution in [1.29, 1.82) is 5.26 Å². The maximum Gasteiger partial charge on any atom is 0.247 e. The number of carbonyl (C=O) groups is 2. The second kappa shape index (κ2) is 12.6. The molecule has 198 valence electrons. The number of methoxy groups -OCH3 is 1. The van der Waals surface area contributed by atoms with E-state index in [0.29, 0.717) is 31.6 Å². The number of nitrogens with zero attached hydrogens (tertiary/aromatic N) is 3. The molecule has 2 aromatic carbocycles. The summed E-state index contributed by atoms with van der Waals surface area (Å²) >= 11 is 0. The van der Waals surface area contributed by atoms with E-state index in [1.807, 2.05) is 61.6 Å². The number of fused-ring (bicyclic) bond motifs is 1. The number of hydrogen-bond acceptors (Lipinski definition) is 6. The maximum absolute atomic E-state index is 13.3. The molecule has 10 nitrogen and oxygen atoms in total. The zero-order valence-corrected chi connectivity index (χ0v) is 21.6. The highest BCUT2D eigenvalue weighted by Gasteiger charge is 2.28. The van der Waals surface area contributed by atoms with Gasteiger partial charge in [0.15, 0.2) is 6.19 Å². The first-order valence-corrected chi connectivity index (χ1v) is 12.6. The zero-order valence-electron chi connectivity index (χ0n) is 21.6. The van der Waals surface area contributed by atoms with Gasteiger partial charge >= 0.3 is 0 Å². The summed E-state index contributed by atoms with van der Waals surface area (Å²) in [5, 5.41) is 18.7. The molecule has 1 atom stereocenters. The van der Waals surface area contributed by atoms with Gasteiger partial charge in [-0.05, 0) is 74.6 Å². The number of benzene rings is 2. The summed E-state index contributed by atoms with van der Waals surface area (Å²) in [6.07, 6.45) is 4.66. The minimum atomic E-state index is -0.701. The molecule has 0 radical (unpaired) electrons. The molecule has 1 aliphatic rings. The fraction of sp³-hybridized carbons (Fsp3) is 0.357. The van der Waals surface area contributed by atoms with Gasteiger partial charge in [0.25, 0.3) is 0 Å². The molecule has 2 heterocycles. The lowest BCUT2D eigenvalue weighted by Crippen LogP contribution is -2.44. The summed E-state index contributed by atoms with van der Waals surface area (Å²) in [5.74, 6) is 1.32. The van der Waals surface area contributed by atoms with Gasteiger partial charge in [-0.15, -0.1) is 0 Å². The van der Waals surface area contributed by atoms with Crippen LogP contribution in [0.2, 0.25) is 0 Å². The van der Waals surface area contributed by atoms with Crippen LogP contribution < -0.4 is 20.7 Å². The SMILES string of the molecule is COc1ccc(CCNC(=O)CN2CCCC[C@H](N=C(NC#N)Nc3ccc4oc(C)cc4c3)C2=O)cc1. The van der Waals surface area contributed by atoms with Crippen molar-refractivity contribution in [3.05, 3.63) is 59.9 Å². The van der Waals surface area contributed by atoms with E-state index in [4.69, 9.17) is 9.15 Å². The average molecular weight is 517 g/mol. The standard InChI is InChI=1S/C28H32N6O4/c1-19-15-21-16-22(8-11-25(21)38-19)32-28(31-18-29)33-24-5-3-4-14-34(27(24)36)17-26(35)30-13-12-20-6-9-23(37-2)10-7-20/h6-11,15-16,24H,3-5,12-14,17H2,1-2H3,(H,30,35)(H2,31,32,33)/t24-/m0/s1. The van der Waals surface area contributed by atoms with Crippen LogP contribution in [0.3, 0.4) is 0 Å². The molecule has 1 saturated heterocycles. The van der Waals surface area contributed by atoms with Crippen LogP contribution in [0.15, 0.2) is 57.9 Å². The number of aryl methyl sites for hydroxylation is 1. The number of aliphatic imine (C=N–C) groups is 1. The molecule has 3 aromatic rings. The molecule has 0 aliphatic carbocycles. The number of carbonyl (C=O) groups excluding carboxylic acids is 2. The highest BCUT2D eigenvalue weighted by Crippen LogP contribution is 2.23. The van der Waals surface area contributed by atoms with Gasteiger partial charge in [-0.25, -0.2) is 4.99 Å². The monoisotopic (exact) mass is 516 g/mol. The Hall–Kier alpha value is -4.52. The summed E-state index contributed by atoms with van der Waals surface area (Å²) < 4.78 is 10.8. The Labute approximate surface area is 221 Å². The van der Waals surface area contributed by atoms with E-state index in [0.717, 1.165) is 40.9 Å². The van der Waals surface area contributed by atoms with Crippen molar-refractivity contribution >= 4 is 34.4 Å². The first kappa shape index (κ1) is 26.5. The van der Waals surface area contributed by atoms with E-state index in [-0.39, 0.29) is 24.3 Å². The minimum absolute atomic E-state index is 0.0294. The van der Waals surface area contributed by atoms with Crippen LogP contribution in [0.5, 0.6) is 5.75 Å². The molecule has 3 N–H and O–H groups in total. The minimum Gasteiger partial charge on any atom is -0.497 e. The number of likely N-dealkylation sites (tertiary alicyclic amines) is 1. The topological polar surface area (TPSA) is 132 Å². The van der Waals surface area contributed by atoms with Gasteiger partial charge < -0.3 is 24.7 Å². The molecule has 1 fully saturated rings. The van der Waals surface area contributed by atoms with Crippen LogP contribution in [0.4, 0.5) is 5.69 Å². The molecule has 1 aromatic heterocycles. The fourth-order valence-electron chi connectivity index (χ4n) is 4.42. The van der Waals surface area contributed by atoms with Gasteiger partial charge in [0.1, 0.15) is 23.1 Å². The first-order valence-electron chi connectivity index (χ1n) is 12.6. The van der Waals surface area contributed by atoms with Gasteiger partial charge in [-0.2, -0.15) is 5.26 Å². The number of guanidine groups is 1. The second-order valence-electron chi connectivity index (χ2n) is 9.17. The summed E-state index contributed by atoms with van der Waals surface area (Å²) in [5.41, 5.74) is 2.55. The van der Waals surface area contributed by atoms with E-state index in [1.54, 1.807) is 12.0 Å². The Kier molecular flexibility index (Phi) is 8.82. The van der Waals surface area contributed by atoms with Crippen LogP contribution in [0, 0.1) is 18.4 Å². The molecular formula is C28H32N6O4. The van der Waals surface area contributed by atoms with Crippen molar-refractivity contribution in [2.24, 2.45) is 4.99 Å². The summed E-state index contributed by atoms with van der Waals surface area (Å²) in [6.45, 7) is 2.80. The van der Waals surface area contributed by atoms with E-state index in [1.165, 1.54) is 0 Å². The van der Waals surface area contributed by atoms with Crippen molar-refractivity contribution in [3.63, 3.8) is 0 Å². The third kappa shape index (κ3) is 7.03. The Bertz CT molecular complexity index is 1340. The van der Waals surface area contributed by atoms with E-state index >= 15 is 0 Å². The lowest BCUT2D eigenvalue weighted by Gasteiger charge is -2.22. The normalized spacial score (nSPS) is 16.0. The predicted octanol–water partition coefficient (Wildman–Crippen LogP) is 3.33. The quantitative estimate of drug-likeness (QED) is 0.181. The van der Waals surface area contributed by atoms with Gasteiger partial charge in [0, 0.05) is 24.2 Å². The summed E-state index contributed by atoms with van der Waals surface area (Å²) in [6, 6.07) is 14.4. The van der Waals surface area contributed by atoms with Gasteiger partial charge in [0.05, 0.1) is 13.7 Å². The van der Waals surface area contributed by atoms with Gasteiger partial charge in [0.2, 0.25) is 17.8 Å².